The number of benzene rings is 1. The average Bonchev–Trinajstić information content (AvgIpc) is 2.48. The number of nitrogens with zero attached hydrogens (tertiary/aromatic N) is 1. The van der Waals surface area contributed by atoms with Gasteiger partial charge in [0.25, 0.3) is 0 Å². The van der Waals surface area contributed by atoms with Crippen LogP contribution >= 0.6 is 23.2 Å². The first-order valence-electron chi connectivity index (χ1n) is 7.18. The van der Waals surface area contributed by atoms with Crippen molar-refractivity contribution >= 4 is 40.7 Å². The van der Waals surface area contributed by atoms with Crippen LogP contribution in [-0.4, -0.2) is 35.8 Å². The van der Waals surface area contributed by atoms with E-state index in [1.54, 1.807) is 25.1 Å². The minimum atomic E-state index is -0.582. The number of amides is 2. The van der Waals surface area contributed by atoms with Gasteiger partial charge in [0.1, 0.15) is 0 Å². The molecule has 7 heteroatoms. The van der Waals surface area contributed by atoms with Crippen molar-refractivity contribution < 1.29 is 9.59 Å². The molecule has 0 aliphatic heterocycles. The third-order valence-electron chi connectivity index (χ3n) is 3.17. The van der Waals surface area contributed by atoms with Crippen LogP contribution < -0.4 is 11.1 Å². The normalized spacial score (nSPS) is 11.9. The van der Waals surface area contributed by atoms with E-state index in [-0.39, 0.29) is 18.4 Å². The number of halogens is 2. The Kier molecular flexibility index (Phi) is 7.65. The monoisotopic (exact) mass is 345 g/mol. The van der Waals surface area contributed by atoms with Crippen LogP contribution in [0.3, 0.4) is 0 Å². The topological polar surface area (TPSA) is 75.4 Å². The molecule has 5 nitrogen and oxygen atoms in total. The highest BCUT2D eigenvalue weighted by atomic mass is 35.5. The Hall–Kier alpha value is -1.30. The molecule has 1 atom stereocenters. The van der Waals surface area contributed by atoms with Crippen LogP contribution in [0.1, 0.15) is 26.7 Å². The third-order valence-corrected chi connectivity index (χ3v) is 3.80. The smallest absolute Gasteiger partial charge is 0.244 e. The van der Waals surface area contributed by atoms with E-state index in [2.05, 4.69) is 5.32 Å². The highest BCUT2D eigenvalue weighted by molar-refractivity contribution is 6.39. The van der Waals surface area contributed by atoms with Crippen LogP contribution in [0.15, 0.2) is 18.2 Å². The van der Waals surface area contributed by atoms with E-state index < -0.39 is 6.04 Å². The van der Waals surface area contributed by atoms with Crippen molar-refractivity contribution in [3.05, 3.63) is 28.2 Å². The minimum absolute atomic E-state index is 0.0890. The second-order valence-electron chi connectivity index (χ2n) is 4.89. The van der Waals surface area contributed by atoms with Crippen molar-refractivity contribution in [1.82, 2.24) is 4.90 Å². The molecule has 1 aromatic carbocycles. The zero-order valence-corrected chi connectivity index (χ0v) is 14.2. The molecule has 3 N–H and O–H groups in total. The first-order valence-corrected chi connectivity index (χ1v) is 7.94. The number of likely N-dealkylation sites (N-methyl/N-ethyl adjacent to an activating group) is 1. The number of nitrogens with two attached hydrogens (primary N) is 1. The zero-order chi connectivity index (χ0) is 16.7. The van der Waals surface area contributed by atoms with Crippen molar-refractivity contribution in [2.45, 2.75) is 32.7 Å². The van der Waals surface area contributed by atoms with Crippen LogP contribution in [0.5, 0.6) is 0 Å². The average molecular weight is 346 g/mol. The van der Waals surface area contributed by atoms with Gasteiger partial charge in [0.15, 0.2) is 0 Å². The summed E-state index contributed by atoms with van der Waals surface area (Å²) in [7, 11) is 0. The van der Waals surface area contributed by atoms with Crippen molar-refractivity contribution in [2.75, 3.05) is 18.4 Å². The fraction of sp³-hybridized carbons (Fsp3) is 0.467. The molecular formula is C15H21Cl2N3O2. The fourth-order valence-corrected chi connectivity index (χ4v) is 2.48. The van der Waals surface area contributed by atoms with Gasteiger partial charge in [-0.1, -0.05) is 42.6 Å². The Morgan fingerprint density at radius 3 is 2.36 bits per heavy atom. The molecule has 0 aliphatic rings. The van der Waals surface area contributed by atoms with Crippen molar-refractivity contribution in [3.8, 4) is 0 Å². The van der Waals surface area contributed by atoms with Gasteiger partial charge >= 0.3 is 0 Å². The van der Waals surface area contributed by atoms with Gasteiger partial charge in [-0.2, -0.15) is 0 Å². The number of para-hydroxylation sites is 1. The van der Waals surface area contributed by atoms with Crippen LogP contribution in [0.2, 0.25) is 10.0 Å². The zero-order valence-electron chi connectivity index (χ0n) is 12.7. The molecule has 22 heavy (non-hydrogen) atoms. The number of nitrogens with one attached hydrogen (secondary N) is 1. The predicted molar refractivity (Wildman–Crippen MR) is 90.2 cm³/mol. The van der Waals surface area contributed by atoms with Gasteiger partial charge in [-0.3, -0.25) is 9.59 Å². The maximum Gasteiger partial charge on any atom is 0.244 e. The third kappa shape index (κ3) is 5.16. The summed E-state index contributed by atoms with van der Waals surface area (Å²) in [6, 6.07) is 4.36. The van der Waals surface area contributed by atoms with Crippen molar-refractivity contribution in [1.29, 1.82) is 0 Å². The molecule has 0 radical (unpaired) electrons. The molecule has 0 heterocycles. The van der Waals surface area contributed by atoms with Crippen LogP contribution in [0, 0.1) is 0 Å². The Bertz CT molecular complexity index is 517. The number of carbonyl (C=O) groups excluding carboxylic acids is 2. The van der Waals surface area contributed by atoms with Crippen LogP contribution in [0.4, 0.5) is 5.69 Å². The van der Waals surface area contributed by atoms with E-state index in [0.29, 0.717) is 28.7 Å². The van der Waals surface area contributed by atoms with Gasteiger partial charge in [-0.15, -0.1) is 0 Å². The van der Waals surface area contributed by atoms with Gasteiger partial charge in [0, 0.05) is 6.54 Å². The summed E-state index contributed by atoms with van der Waals surface area (Å²) in [5.41, 5.74) is 6.16. The molecule has 0 aliphatic carbocycles. The summed E-state index contributed by atoms with van der Waals surface area (Å²) in [5.74, 6) is -0.598. The predicted octanol–water partition coefficient (Wildman–Crippen LogP) is 2.91. The van der Waals surface area contributed by atoms with E-state index in [0.717, 1.165) is 6.42 Å². The second-order valence-corrected chi connectivity index (χ2v) is 5.71. The lowest BCUT2D eigenvalue weighted by molar-refractivity contribution is -0.135. The largest absolute Gasteiger partial charge is 0.332 e. The Balaban J connectivity index is 2.71. The molecule has 122 valence electrons. The molecular weight excluding hydrogens is 325 g/mol. The number of hydrogen-bond acceptors (Lipinski definition) is 3. The number of anilines is 1. The fourth-order valence-electron chi connectivity index (χ4n) is 1.98. The Labute approximate surface area is 140 Å². The molecule has 1 unspecified atom stereocenters. The van der Waals surface area contributed by atoms with Crippen molar-refractivity contribution in [3.63, 3.8) is 0 Å². The molecule has 2 amide bonds. The van der Waals surface area contributed by atoms with E-state index in [1.165, 1.54) is 4.90 Å². The summed E-state index contributed by atoms with van der Waals surface area (Å²) in [5, 5.41) is 3.32. The van der Waals surface area contributed by atoms with Crippen molar-refractivity contribution in [2.24, 2.45) is 5.73 Å². The van der Waals surface area contributed by atoms with Crippen LogP contribution in [-0.2, 0) is 9.59 Å². The second kappa shape index (κ2) is 8.98. The highest BCUT2D eigenvalue weighted by Gasteiger charge is 2.21. The van der Waals surface area contributed by atoms with E-state index in [4.69, 9.17) is 28.9 Å². The number of carbonyl (C=O) groups is 2. The summed E-state index contributed by atoms with van der Waals surface area (Å²) >= 11 is 12.0. The molecule has 0 saturated carbocycles. The van der Waals surface area contributed by atoms with E-state index in [9.17, 15) is 9.59 Å². The van der Waals surface area contributed by atoms with Gasteiger partial charge in [-0.05, 0) is 25.5 Å². The Morgan fingerprint density at radius 2 is 1.86 bits per heavy atom. The van der Waals surface area contributed by atoms with Crippen LogP contribution in [0.25, 0.3) is 0 Å². The van der Waals surface area contributed by atoms with Gasteiger partial charge in [0.05, 0.1) is 28.3 Å². The molecule has 0 fully saturated rings. The first kappa shape index (κ1) is 18.7. The molecule has 1 aromatic rings. The summed E-state index contributed by atoms with van der Waals surface area (Å²) in [6.45, 7) is 4.07. The minimum Gasteiger partial charge on any atom is -0.332 e. The molecule has 1 rings (SSSR count). The maximum atomic E-state index is 12.2. The summed E-state index contributed by atoms with van der Waals surface area (Å²) < 4.78 is 0. The molecule has 0 aromatic heterocycles. The number of rotatable bonds is 7. The SMILES string of the molecule is CCCC(N)C(=O)N(CC)CC(=O)Nc1c(Cl)cccc1Cl. The standard InChI is InChI=1S/C15H21Cl2N3O2/c1-3-6-12(18)15(22)20(4-2)9-13(21)19-14-10(16)7-5-8-11(14)17/h5,7-8,12H,3-4,6,9,18H2,1-2H3,(H,19,21). The number of hydrogen-bond donors (Lipinski definition) is 2. The van der Waals surface area contributed by atoms with Gasteiger partial charge < -0.3 is 16.0 Å². The lowest BCUT2D eigenvalue weighted by atomic mass is 10.1. The highest BCUT2D eigenvalue weighted by Crippen LogP contribution is 2.29. The quantitative estimate of drug-likeness (QED) is 0.797. The van der Waals surface area contributed by atoms with Gasteiger partial charge in [0.2, 0.25) is 11.8 Å². The molecule has 0 bridgehead atoms. The lowest BCUT2D eigenvalue weighted by Crippen LogP contribution is -2.46. The maximum absolute atomic E-state index is 12.2. The first-order chi connectivity index (χ1) is 10.4. The van der Waals surface area contributed by atoms with E-state index >= 15 is 0 Å². The summed E-state index contributed by atoms with van der Waals surface area (Å²) in [4.78, 5) is 25.7. The van der Waals surface area contributed by atoms with Gasteiger partial charge in [-0.25, -0.2) is 0 Å². The molecule has 0 saturated heterocycles. The Morgan fingerprint density at radius 1 is 1.27 bits per heavy atom. The summed E-state index contributed by atoms with van der Waals surface area (Å²) in [6.07, 6.45) is 1.40. The molecule has 0 spiro atoms. The lowest BCUT2D eigenvalue weighted by Gasteiger charge is -2.23. The van der Waals surface area contributed by atoms with E-state index in [1.807, 2.05) is 6.92 Å².